The Morgan fingerprint density at radius 3 is 2.50 bits per heavy atom. The van der Waals surface area contributed by atoms with Crippen LogP contribution in [0.1, 0.15) is 10.6 Å². The molecule has 1 saturated heterocycles. The molecule has 0 amide bonds. The average Bonchev–Trinajstić information content (AvgIpc) is 3.02. The standard InChI is InChI=1S/C15H21N7S.HI/c1-12-13(23-11-20-12)10-19-14(16-2)21-6-8-22(9-7-21)15-17-4-3-5-18-15;/h3-5,11H,6-10H2,1-2H3,(H,16,19);1H. The van der Waals surface area contributed by atoms with E-state index in [1.165, 1.54) is 4.88 Å². The van der Waals surface area contributed by atoms with Crippen molar-refractivity contribution in [2.24, 2.45) is 4.99 Å². The number of aliphatic imine (C=N–C) groups is 1. The normalized spacial score (nSPS) is 15.2. The van der Waals surface area contributed by atoms with E-state index in [0.717, 1.165) is 50.3 Å². The van der Waals surface area contributed by atoms with Crippen molar-refractivity contribution in [3.05, 3.63) is 34.5 Å². The smallest absolute Gasteiger partial charge is 0.225 e. The molecule has 3 rings (SSSR count). The van der Waals surface area contributed by atoms with Crippen molar-refractivity contribution in [1.29, 1.82) is 0 Å². The lowest BCUT2D eigenvalue weighted by Crippen LogP contribution is -2.52. The van der Waals surface area contributed by atoms with Gasteiger partial charge in [0.05, 0.1) is 17.7 Å². The quantitative estimate of drug-likeness (QED) is 0.429. The van der Waals surface area contributed by atoms with Gasteiger partial charge in [0.1, 0.15) is 0 Å². The van der Waals surface area contributed by atoms with Gasteiger partial charge in [-0.25, -0.2) is 15.0 Å². The maximum atomic E-state index is 4.40. The molecule has 0 aliphatic carbocycles. The van der Waals surface area contributed by atoms with Gasteiger partial charge in [-0.15, -0.1) is 35.3 Å². The molecular weight excluding hydrogens is 437 g/mol. The average molecular weight is 459 g/mol. The molecule has 2 aromatic heterocycles. The lowest BCUT2D eigenvalue weighted by Gasteiger charge is -2.36. The third-order valence-corrected chi connectivity index (χ3v) is 4.81. The van der Waals surface area contributed by atoms with E-state index in [1.54, 1.807) is 23.7 Å². The third kappa shape index (κ3) is 4.53. The maximum Gasteiger partial charge on any atom is 0.225 e. The van der Waals surface area contributed by atoms with E-state index in [-0.39, 0.29) is 24.0 Å². The van der Waals surface area contributed by atoms with E-state index < -0.39 is 0 Å². The minimum atomic E-state index is 0. The highest BCUT2D eigenvalue weighted by molar-refractivity contribution is 14.0. The lowest BCUT2D eigenvalue weighted by molar-refractivity contribution is 0.370. The highest BCUT2D eigenvalue weighted by atomic mass is 127. The highest BCUT2D eigenvalue weighted by Gasteiger charge is 2.21. The second kappa shape index (κ2) is 9.11. The lowest BCUT2D eigenvalue weighted by atomic mass is 10.3. The number of aromatic nitrogens is 3. The van der Waals surface area contributed by atoms with Crippen LogP contribution in [0.25, 0.3) is 0 Å². The number of anilines is 1. The van der Waals surface area contributed by atoms with Gasteiger partial charge in [-0.2, -0.15) is 0 Å². The molecule has 1 aliphatic heterocycles. The predicted octanol–water partition coefficient (Wildman–Crippen LogP) is 1.76. The molecule has 0 radical (unpaired) electrons. The monoisotopic (exact) mass is 459 g/mol. The van der Waals surface area contributed by atoms with E-state index in [4.69, 9.17) is 0 Å². The Morgan fingerprint density at radius 2 is 1.92 bits per heavy atom. The summed E-state index contributed by atoms with van der Waals surface area (Å²) >= 11 is 1.67. The Balaban J connectivity index is 0.00000208. The Bertz CT molecular complexity index is 653. The fraction of sp³-hybridized carbons (Fsp3) is 0.467. The molecule has 3 heterocycles. The second-order valence-electron chi connectivity index (χ2n) is 5.28. The topological polar surface area (TPSA) is 69.5 Å². The molecule has 24 heavy (non-hydrogen) atoms. The van der Waals surface area contributed by atoms with Gasteiger partial charge in [0.15, 0.2) is 5.96 Å². The van der Waals surface area contributed by atoms with Gasteiger partial charge in [-0.3, -0.25) is 4.99 Å². The first kappa shape index (κ1) is 18.8. The fourth-order valence-electron chi connectivity index (χ4n) is 2.56. The molecule has 0 atom stereocenters. The van der Waals surface area contributed by atoms with Crippen LogP contribution < -0.4 is 10.2 Å². The van der Waals surface area contributed by atoms with Crippen LogP contribution in [0.5, 0.6) is 0 Å². The van der Waals surface area contributed by atoms with Crippen LogP contribution in [0.4, 0.5) is 5.95 Å². The van der Waals surface area contributed by atoms with Gasteiger partial charge < -0.3 is 15.1 Å². The number of hydrogen-bond acceptors (Lipinski definition) is 6. The van der Waals surface area contributed by atoms with Crippen molar-refractivity contribution >= 4 is 47.2 Å². The minimum absolute atomic E-state index is 0. The number of nitrogens with one attached hydrogen (secondary N) is 1. The molecule has 1 aliphatic rings. The van der Waals surface area contributed by atoms with Crippen LogP contribution in [0.3, 0.4) is 0 Å². The van der Waals surface area contributed by atoms with Crippen LogP contribution in [-0.2, 0) is 6.54 Å². The molecule has 0 spiro atoms. The van der Waals surface area contributed by atoms with Crippen molar-refractivity contribution in [3.8, 4) is 0 Å². The first-order valence-corrected chi connectivity index (χ1v) is 8.52. The summed E-state index contributed by atoms with van der Waals surface area (Å²) in [5.74, 6) is 1.74. The first-order valence-electron chi connectivity index (χ1n) is 7.64. The summed E-state index contributed by atoms with van der Waals surface area (Å²) in [6, 6.07) is 1.84. The maximum absolute atomic E-state index is 4.40. The highest BCUT2D eigenvalue weighted by Crippen LogP contribution is 2.12. The van der Waals surface area contributed by atoms with Crippen LogP contribution in [0.15, 0.2) is 29.0 Å². The van der Waals surface area contributed by atoms with E-state index in [0.29, 0.717) is 0 Å². The molecule has 2 aromatic rings. The molecule has 0 unspecified atom stereocenters. The SMILES string of the molecule is CN=C(NCc1scnc1C)N1CCN(c2ncccn2)CC1.I. The minimum Gasteiger partial charge on any atom is -0.351 e. The number of thiazole rings is 1. The molecule has 0 saturated carbocycles. The summed E-state index contributed by atoms with van der Waals surface area (Å²) in [4.78, 5) is 23.1. The predicted molar refractivity (Wildman–Crippen MR) is 108 cm³/mol. The molecule has 1 fully saturated rings. The number of nitrogens with zero attached hydrogens (tertiary/aromatic N) is 6. The van der Waals surface area contributed by atoms with Crippen molar-refractivity contribution in [2.75, 3.05) is 38.1 Å². The van der Waals surface area contributed by atoms with Crippen molar-refractivity contribution < 1.29 is 0 Å². The van der Waals surface area contributed by atoms with Crippen LogP contribution in [0, 0.1) is 6.92 Å². The largest absolute Gasteiger partial charge is 0.351 e. The van der Waals surface area contributed by atoms with Gasteiger partial charge in [-0.05, 0) is 13.0 Å². The Kier molecular flexibility index (Phi) is 7.16. The molecule has 9 heteroatoms. The Labute approximate surface area is 163 Å². The van der Waals surface area contributed by atoms with E-state index in [2.05, 4.69) is 35.1 Å². The summed E-state index contributed by atoms with van der Waals surface area (Å²) in [7, 11) is 1.83. The number of hydrogen-bond donors (Lipinski definition) is 1. The van der Waals surface area contributed by atoms with Gasteiger partial charge in [0.25, 0.3) is 0 Å². The third-order valence-electron chi connectivity index (χ3n) is 3.88. The number of rotatable bonds is 3. The number of aryl methyl sites for hydroxylation is 1. The molecule has 0 aromatic carbocycles. The number of halogens is 1. The van der Waals surface area contributed by atoms with Crippen LogP contribution in [-0.4, -0.2) is 59.0 Å². The first-order chi connectivity index (χ1) is 11.3. The molecular formula is C15H22IN7S. The number of guanidine groups is 1. The van der Waals surface area contributed by atoms with Crippen LogP contribution in [0.2, 0.25) is 0 Å². The molecule has 1 N–H and O–H groups in total. The van der Waals surface area contributed by atoms with E-state index in [1.807, 2.05) is 25.5 Å². The molecule has 7 nitrogen and oxygen atoms in total. The Morgan fingerprint density at radius 1 is 1.21 bits per heavy atom. The van der Waals surface area contributed by atoms with E-state index in [9.17, 15) is 0 Å². The summed E-state index contributed by atoms with van der Waals surface area (Å²) in [5, 5.41) is 3.43. The summed E-state index contributed by atoms with van der Waals surface area (Å²) in [5.41, 5.74) is 2.97. The zero-order valence-corrected chi connectivity index (χ0v) is 17.0. The fourth-order valence-corrected chi connectivity index (χ4v) is 3.28. The van der Waals surface area contributed by atoms with Crippen molar-refractivity contribution in [3.63, 3.8) is 0 Å². The summed E-state index contributed by atoms with van der Waals surface area (Å²) in [6.45, 7) is 6.40. The van der Waals surface area contributed by atoms with Crippen molar-refractivity contribution in [2.45, 2.75) is 13.5 Å². The zero-order valence-electron chi connectivity index (χ0n) is 13.8. The van der Waals surface area contributed by atoms with Gasteiger partial charge in [0, 0.05) is 50.5 Å². The van der Waals surface area contributed by atoms with Gasteiger partial charge in [-0.1, -0.05) is 0 Å². The summed E-state index contributed by atoms with van der Waals surface area (Å²) < 4.78 is 0. The van der Waals surface area contributed by atoms with Crippen molar-refractivity contribution in [1.82, 2.24) is 25.2 Å². The molecule has 130 valence electrons. The molecule has 0 bridgehead atoms. The second-order valence-corrected chi connectivity index (χ2v) is 6.22. The number of piperazine rings is 1. The van der Waals surface area contributed by atoms with E-state index >= 15 is 0 Å². The zero-order chi connectivity index (χ0) is 16.1. The van der Waals surface area contributed by atoms with Crippen LogP contribution >= 0.6 is 35.3 Å². The Hall–Kier alpha value is -1.49. The van der Waals surface area contributed by atoms with Gasteiger partial charge >= 0.3 is 0 Å². The summed E-state index contributed by atoms with van der Waals surface area (Å²) in [6.07, 6.45) is 3.57. The van der Waals surface area contributed by atoms with Gasteiger partial charge in [0.2, 0.25) is 5.95 Å².